The van der Waals surface area contributed by atoms with Crippen LogP contribution < -0.4 is 5.73 Å². The van der Waals surface area contributed by atoms with Crippen molar-refractivity contribution >= 4 is 16.9 Å². The highest BCUT2D eigenvalue weighted by Crippen LogP contribution is 2.22. The van der Waals surface area contributed by atoms with Crippen LogP contribution in [-0.2, 0) is 6.54 Å². The molecule has 0 saturated carbocycles. The zero-order chi connectivity index (χ0) is 15.9. The van der Waals surface area contributed by atoms with Crippen LogP contribution in [0.1, 0.15) is 17.0 Å². The summed E-state index contributed by atoms with van der Waals surface area (Å²) in [6.45, 7) is 1.72. The van der Waals surface area contributed by atoms with Gasteiger partial charge in [0.25, 0.3) is 0 Å². The number of amidine groups is 1. The summed E-state index contributed by atoms with van der Waals surface area (Å²) in [7, 11) is 0. The van der Waals surface area contributed by atoms with Gasteiger partial charge in [-0.1, -0.05) is 18.2 Å². The second-order valence-corrected chi connectivity index (χ2v) is 4.96. The van der Waals surface area contributed by atoms with Crippen LogP contribution in [0.15, 0.2) is 30.3 Å². The highest BCUT2D eigenvalue weighted by atomic mass is 19.1. The monoisotopic (exact) mass is 301 g/mol. The van der Waals surface area contributed by atoms with E-state index in [2.05, 4.69) is 10.1 Å². The van der Waals surface area contributed by atoms with Crippen LogP contribution in [0.4, 0.5) is 8.78 Å². The van der Waals surface area contributed by atoms with Crippen LogP contribution in [0.5, 0.6) is 0 Å². The summed E-state index contributed by atoms with van der Waals surface area (Å²) in [5.74, 6) is -1.29. The van der Waals surface area contributed by atoms with Gasteiger partial charge in [0, 0.05) is 11.3 Å². The van der Waals surface area contributed by atoms with E-state index in [1.54, 1.807) is 25.1 Å². The molecule has 0 aliphatic carbocycles. The van der Waals surface area contributed by atoms with Crippen LogP contribution in [0.3, 0.4) is 0 Å². The minimum absolute atomic E-state index is 0.0105. The molecule has 3 aromatic rings. The number of nitrogen functional groups attached to an aromatic ring is 1. The number of aryl methyl sites for hydroxylation is 1. The summed E-state index contributed by atoms with van der Waals surface area (Å²) in [6, 6.07) is 7.50. The van der Waals surface area contributed by atoms with Crippen molar-refractivity contribution in [3.05, 3.63) is 58.9 Å². The molecule has 3 rings (SSSR count). The topological polar surface area (TPSA) is 80.6 Å². The Morgan fingerprint density at radius 1 is 1.27 bits per heavy atom. The molecule has 2 heterocycles. The zero-order valence-electron chi connectivity index (χ0n) is 11.8. The van der Waals surface area contributed by atoms with Gasteiger partial charge in [-0.05, 0) is 19.1 Å². The maximum absolute atomic E-state index is 14.2. The summed E-state index contributed by atoms with van der Waals surface area (Å²) in [5, 5.41) is 11.7. The minimum Gasteiger partial charge on any atom is -0.382 e. The number of fused-ring (bicyclic) bond motifs is 1. The number of halogens is 2. The van der Waals surface area contributed by atoms with Crippen molar-refractivity contribution in [2.24, 2.45) is 5.73 Å². The van der Waals surface area contributed by atoms with E-state index in [1.807, 2.05) is 0 Å². The summed E-state index contributed by atoms with van der Waals surface area (Å²) in [4.78, 5) is 4.25. The summed E-state index contributed by atoms with van der Waals surface area (Å²) >= 11 is 0. The van der Waals surface area contributed by atoms with Gasteiger partial charge in [0.05, 0.1) is 11.9 Å². The quantitative estimate of drug-likeness (QED) is 0.575. The molecule has 0 saturated heterocycles. The highest BCUT2D eigenvalue weighted by Gasteiger charge is 2.19. The first-order chi connectivity index (χ1) is 10.5. The molecular weight excluding hydrogens is 288 g/mol. The molecule has 0 amide bonds. The number of nitrogens with zero attached hydrogens (tertiary/aromatic N) is 3. The van der Waals surface area contributed by atoms with E-state index in [0.717, 1.165) is 0 Å². The van der Waals surface area contributed by atoms with Crippen LogP contribution >= 0.6 is 0 Å². The van der Waals surface area contributed by atoms with E-state index in [0.29, 0.717) is 11.3 Å². The van der Waals surface area contributed by atoms with Crippen LogP contribution in [0.2, 0.25) is 0 Å². The Morgan fingerprint density at radius 2 is 2.00 bits per heavy atom. The SMILES string of the molecule is Cc1cc(F)c2c(C(=N)N)nn(Cc3ccccc3F)c2n1. The number of pyridine rings is 1. The molecule has 0 atom stereocenters. The van der Waals surface area contributed by atoms with Gasteiger partial charge in [-0.25, -0.2) is 18.4 Å². The van der Waals surface area contributed by atoms with E-state index < -0.39 is 5.82 Å². The molecule has 7 heteroatoms. The fraction of sp³-hybridized carbons (Fsp3) is 0.133. The number of nitrogens with two attached hydrogens (primary N) is 1. The molecule has 1 aromatic carbocycles. The Hall–Kier alpha value is -2.83. The molecule has 0 aliphatic rings. The van der Waals surface area contributed by atoms with Crippen LogP contribution in [-0.4, -0.2) is 20.6 Å². The number of rotatable bonds is 3. The molecule has 2 aromatic heterocycles. The second kappa shape index (κ2) is 5.18. The van der Waals surface area contributed by atoms with E-state index >= 15 is 0 Å². The Bertz CT molecular complexity index is 885. The Kier molecular flexibility index (Phi) is 3.32. The van der Waals surface area contributed by atoms with Crippen LogP contribution in [0, 0.1) is 24.0 Å². The molecule has 0 aliphatic heterocycles. The fourth-order valence-corrected chi connectivity index (χ4v) is 2.33. The average Bonchev–Trinajstić information content (AvgIpc) is 2.80. The lowest BCUT2D eigenvalue weighted by atomic mass is 10.2. The molecule has 5 nitrogen and oxygen atoms in total. The molecule has 0 radical (unpaired) electrons. The van der Waals surface area contributed by atoms with Crippen molar-refractivity contribution in [1.29, 1.82) is 5.41 Å². The van der Waals surface area contributed by atoms with Crippen LogP contribution in [0.25, 0.3) is 11.0 Å². The Balaban J connectivity index is 2.22. The zero-order valence-corrected chi connectivity index (χ0v) is 11.8. The van der Waals surface area contributed by atoms with Gasteiger partial charge in [0.1, 0.15) is 23.2 Å². The number of benzene rings is 1. The van der Waals surface area contributed by atoms with Crippen molar-refractivity contribution in [3.8, 4) is 0 Å². The second-order valence-electron chi connectivity index (χ2n) is 4.96. The number of aromatic nitrogens is 3. The minimum atomic E-state index is -0.549. The third-order valence-electron chi connectivity index (χ3n) is 3.32. The predicted molar refractivity (Wildman–Crippen MR) is 78.7 cm³/mol. The van der Waals surface area contributed by atoms with E-state index in [4.69, 9.17) is 11.1 Å². The Morgan fingerprint density at radius 3 is 2.68 bits per heavy atom. The summed E-state index contributed by atoms with van der Waals surface area (Å²) in [5.41, 5.74) is 6.58. The lowest BCUT2D eigenvalue weighted by Gasteiger charge is -2.05. The summed E-state index contributed by atoms with van der Waals surface area (Å²) in [6.07, 6.45) is 0. The normalized spacial score (nSPS) is 11.0. The molecule has 0 spiro atoms. The lowest BCUT2D eigenvalue weighted by Crippen LogP contribution is -2.13. The first-order valence-electron chi connectivity index (χ1n) is 6.59. The third kappa shape index (κ3) is 2.30. The third-order valence-corrected chi connectivity index (χ3v) is 3.32. The van der Waals surface area contributed by atoms with Gasteiger partial charge in [0.15, 0.2) is 5.65 Å². The first-order valence-corrected chi connectivity index (χ1v) is 6.59. The smallest absolute Gasteiger partial charge is 0.162 e. The van der Waals surface area contributed by atoms with Gasteiger partial charge in [-0.15, -0.1) is 0 Å². The first kappa shape index (κ1) is 14.1. The number of hydrogen-bond acceptors (Lipinski definition) is 3. The van der Waals surface area contributed by atoms with Crippen molar-refractivity contribution < 1.29 is 8.78 Å². The molecular formula is C15H13F2N5. The van der Waals surface area contributed by atoms with Crippen molar-refractivity contribution in [2.45, 2.75) is 13.5 Å². The van der Waals surface area contributed by atoms with Gasteiger partial charge in [-0.2, -0.15) is 5.10 Å². The molecule has 3 N–H and O–H groups in total. The molecule has 0 unspecified atom stereocenters. The van der Waals surface area contributed by atoms with Crippen molar-refractivity contribution in [2.75, 3.05) is 0 Å². The molecule has 0 bridgehead atoms. The van der Waals surface area contributed by atoms with E-state index in [-0.39, 0.29) is 34.9 Å². The average molecular weight is 301 g/mol. The van der Waals surface area contributed by atoms with Gasteiger partial charge in [-0.3, -0.25) is 5.41 Å². The van der Waals surface area contributed by atoms with Crippen molar-refractivity contribution in [1.82, 2.24) is 14.8 Å². The molecule has 112 valence electrons. The maximum atomic E-state index is 14.2. The standard InChI is InChI=1S/C15H13F2N5/c1-8-6-11(17)12-13(14(18)19)21-22(15(12)20-8)7-9-4-2-3-5-10(9)16/h2-6H,7H2,1H3,(H3,18,19). The molecule has 0 fully saturated rings. The van der Waals surface area contributed by atoms with Gasteiger partial charge >= 0.3 is 0 Å². The molecule has 22 heavy (non-hydrogen) atoms. The highest BCUT2D eigenvalue weighted by molar-refractivity contribution is 6.04. The summed E-state index contributed by atoms with van der Waals surface area (Å²) < 4.78 is 29.3. The lowest BCUT2D eigenvalue weighted by molar-refractivity contribution is 0.588. The van der Waals surface area contributed by atoms with E-state index in [9.17, 15) is 8.78 Å². The van der Waals surface area contributed by atoms with Crippen molar-refractivity contribution in [3.63, 3.8) is 0 Å². The Labute approximate surface area is 124 Å². The predicted octanol–water partition coefficient (Wildman–Crippen LogP) is 2.35. The number of hydrogen-bond donors (Lipinski definition) is 2. The van der Waals surface area contributed by atoms with Gasteiger partial charge < -0.3 is 5.73 Å². The fourth-order valence-electron chi connectivity index (χ4n) is 2.33. The van der Waals surface area contributed by atoms with Gasteiger partial charge in [0.2, 0.25) is 0 Å². The largest absolute Gasteiger partial charge is 0.382 e. The van der Waals surface area contributed by atoms with E-state index in [1.165, 1.54) is 16.8 Å². The number of nitrogens with one attached hydrogen (secondary N) is 1. The maximum Gasteiger partial charge on any atom is 0.162 e.